The monoisotopic (exact) mass is 449 g/mol. The van der Waals surface area contributed by atoms with Crippen molar-refractivity contribution in [1.29, 1.82) is 0 Å². The SMILES string of the molecule is Cc1cccc(OCCc2ccccc2C(F)(F)F)c1NC(=O)c1cc(Cl)ccc1O. The number of aromatic hydroxyl groups is 1. The average Bonchev–Trinajstić information content (AvgIpc) is 2.71. The van der Waals surface area contributed by atoms with Crippen LogP contribution in [0.1, 0.15) is 27.0 Å². The van der Waals surface area contributed by atoms with Gasteiger partial charge in [0.15, 0.2) is 0 Å². The molecule has 8 heteroatoms. The molecule has 0 saturated carbocycles. The van der Waals surface area contributed by atoms with Gasteiger partial charge in [-0.1, -0.05) is 41.9 Å². The third kappa shape index (κ3) is 5.49. The van der Waals surface area contributed by atoms with Crippen LogP contribution in [-0.4, -0.2) is 17.6 Å². The average molecular weight is 450 g/mol. The second-order valence-electron chi connectivity index (χ2n) is 6.82. The van der Waals surface area contributed by atoms with Crippen molar-refractivity contribution < 1.29 is 27.8 Å². The van der Waals surface area contributed by atoms with Gasteiger partial charge in [0.25, 0.3) is 5.91 Å². The number of carbonyl (C=O) groups excluding carboxylic acids is 1. The van der Waals surface area contributed by atoms with Gasteiger partial charge in [-0.05, 0) is 48.4 Å². The molecule has 2 N–H and O–H groups in total. The minimum atomic E-state index is -4.45. The van der Waals surface area contributed by atoms with Gasteiger partial charge in [-0.25, -0.2) is 0 Å². The van der Waals surface area contributed by atoms with E-state index in [1.54, 1.807) is 31.2 Å². The van der Waals surface area contributed by atoms with Gasteiger partial charge in [-0.15, -0.1) is 0 Å². The number of hydrogen-bond donors (Lipinski definition) is 2. The lowest BCUT2D eigenvalue weighted by molar-refractivity contribution is -0.138. The summed E-state index contributed by atoms with van der Waals surface area (Å²) in [5.74, 6) is -0.525. The number of halogens is 4. The lowest BCUT2D eigenvalue weighted by Crippen LogP contribution is -2.15. The first-order valence-corrected chi connectivity index (χ1v) is 9.72. The van der Waals surface area contributed by atoms with E-state index >= 15 is 0 Å². The Hall–Kier alpha value is -3.19. The molecule has 0 radical (unpaired) electrons. The third-order valence-corrected chi connectivity index (χ3v) is 4.86. The predicted octanol–water partition coefficient (Wildman–Crippen LogP) is 6.25. The van der Waals surface area contributed by atoms with E-state index in [4.69, 9.17) is 16.3 Å². The van der Waals surface area contributed by atoms with E-state index in [1.807, 2.05) is 0 Å². The molecule has 0 spiro atoms. The molecule has 0 fully saturated rings. The fourth-order valence-electron chi connectivity index (χ4n) is 3.08. The number of hydrogen-bond acceptors (Lipinski definition) is 3. The third-order valence-electron chi connectivity index (χ3n) is 4.63. The second kappa shape index (κ2) is 9.31. The zero-order valence-corrected chi connectivity index (χ0v) is 17.2. The Balaban J connectivity index is 1.77. The number of anilines is 1. The maximum atomic E-state index is 13.2. The maximum Gasteiger partial charge on any atom is 0.416 e. The Bertz CT molecular complexity index is 1100. The van der Waals surface area contributed by atoms with Gasteiger partial charge in [0.1, 0.15) is 11.5 Å². The highest BCUT2D eigenvalue weighted by atomic mass is 35.5. The van der Waals surface area contributed by atoms with Crippen LogP contribution in [-0.2, 0) is 12.6 Å². The number of alkyl halides is 3. The van der Waals surface area contributed by atoms with Gasteiger partial charge in [-0.3, -0.25) is 4.79 Å². The number of phenols is 1. The van der Waals surface area contributed by atoms with Crippen LogP contribution in [0, 0.1) is 6.92 Å². The number of rotatable bonds is 6. The van der Waals surface area contributed by atoms with Gasteiger partial charge < -0.3 is 15.2 Å². The molecule has 3 rings (SSSR count). The summed E-state index contributed by atoms with van der Waals surface area (Å²) in [6.07, 6.45) is -4.41. The number of aryl methyl sites for hydroxylation is 1. The smallest absolute Gasteiger partial charge is 0.416 e. The molecule has 162 valence electrons. The Labute approximate surface area is 182 Å². The molecule has 3 aromatic carbocycles. The van der Waals surface area contributed by atoms with E-state index in [2.05, 4.69) is 5.32 Å². The maximum absolute atomic E-state index is 13.2. The summed E-state index contributed by atoms with van der Waals surface area (Å²) in [7, 11) is 0. The van der Waals surface area contributed by atoms with E-state index in [0.717, 1.165) is 6.07 Å². The summed E-state index contributed by atoms with van der Waals surface area (Å²) in [6.45, 7) is 1.72. The van der Waals surface area contributed by atoms with Gasteiger partial charge in [0.05, 0.1) is 23.4 Å². The van der Waals surface area contributed by atoms with Crippen molar-refractivity contribution in [3.05, 3.63) is 87.9 Å². The largest absolute Gasteiger partial charge is 0.507 e. The highest BCUT2D eigenvalue weighted by Gasteiger charge is 2.32. The quantitative estimate of drug-likeness (QED) is 0.468. The number of benzene rings is 3. The minimum Gasteiger partial charge on any atom is -0.507 e. The molecule has 0 unspecified atom stereocenters. The Kier molecular flexibility index (Phi) is 6.75. The second-order valence-corrected chi connectivity index (χ2v) is 7.25. The highest BCUT2D eigenvalue weighted by Crippen LogP contribution is 2.33. The molecule has 0 atom stereocenters. The summed E-state index contributed by atoms with van der Waals surface area (Å²) >= 11 is 5.90. The molecule has 3 aromatic rings. The summed E-state index contributed by atoms with van der Waals surface area (Å²) in [6, 6.07) is 14.5. The molecule has 0 aromatic heterocycles. The van der Waals surface area contributed by atoms with Crippen LogP contribution < -0.4 is 10.1 Å². The van der Waals surface area contributed by atoms with Crippen molar-refractivity contribution >= 4 is 23.2 Å². The van der Waals surface area contributed by atoms with Gasteiger partial charge in [0, 0.05) is 11.4 Å². The van der Waals surface area contributed by atoms with Crippen LogP contribution in [0.15, 0.2) is 60.7 Å². The molecule has 31 heavy (non-hydrogen) atoms. The highest BCUT2D eigenvalue weighted by molar-refractivity contribution is 6.31. The molecule has 0 saturated heterocycles. The topological polar surface area (TPSA) is 58.6 Å². The van der Waals surface area contributed by atoms with Crippen LogP contribution in [0.4, 0.5) is 18.9 Å². The summed E-state index contributed by atoms with van der Waals surface area (Å²) in [5.41, 5.74) is 0.449. The van der Waals surface area contributed by atoms with E-state index in [0.29, 0.717) is 17.0 Å². The van der Waals surface area contributed by atoms with Crippen molar-refractivity contribution in [1.82, 2.24) is 0 Å². The van der Waals surface area contributed by atoms with Crippen molar-refractivity contribution in [3.8, 4) is 11.5 Å². The van der Waals surface area contributed by atoms with Crippen molar-refractivity contribution in [2.24, 2.45) is 0 Å². The van der Waals surface area contributed by atoms with Gasteiger partial charge in [0.2, 0.25) is 0 Å². The first-order valence-electron chi connectivity index (χ1n) is 9.34. The lowest BCUT2D eigenvalue weighted by atomic mass is 10.0. The number of ether oxygens (including phenoxy) is 1. The normalized spacial score (nSPS) is 11.3. The van der Waals surface area contributed by atoms with E-state index in [1.165, 1.54) is 30.3 Å². The zero-order chi connectivity index (χ0) is 22.6. The molecule has 4 nitrogen and oxygen atoms in total. The summed E-state index contributed by atoms with van der Waals surface area (Å²) < 4.78 is 45.2. The number of amides is 1. The Morgan fingerprint density at radius 3 is 2.58 bits per heavy atom. The summed E-state index contributed by atoms with van der Waals surface area (Å²) in [5, 5.41) is 12.9. The lowest BCUT2D eigenvalue weighted by Gasteiger charge is -2.16. The van der Waals surface area contributed by atoms with Crippen LogP contribution in [0.3, 0.4) is 0 Å². The minimum absolute atomic E-state index is 0.0131. The first kappa shape index (κ1) is 22.5. The molecule has 1 amide bonds. The van der Waals surface area contributed by atoms with Crippen LogP contribution in [0.5, 0.6) is 11.5 Å². The van der Waals surface area contributed by atoms with Crippen LogP contribution in [0.2, 0.25) is 5.02 Å². The number of para-hydroxylation sites is 1. The molecule has 0 aliphatic carbocycles. The molecule has 0 bridgehead atoms. The first-order chi connectivity index (χ1) is 14.7. The molecule has 0 aliphatic heterocycles. The molecule has 0 heterocycles. The molecular weight excluding hydrogens is 431 g/mol. The Morgan fingerprint density at radius 2 is 1.84 bits per heavy atom. The van der Waals surface area contributed by atoms with E-state index in [9.17, 15) is 23.1 Å². The number of phenolic OH excluding ortho intramolecular Hbond substituents is 1. The van der Waals surface area contributed by atoms with E-state index in [-0.39, 0.29) is 34.9 Å². The van der Waals surface area contributed by atoms with E-state index < -0.39 is 17.6 Å². The van der Waals surface area contributed by atoms with Gasteiger partial charge in [-0.2, -0.15) is 13.2 Å². The summed E-state index contributed by atoms with van der Waals surface area (Å²) in [4.78, 5) is 12.6. The Morgan fingerprint density at radius 1 is 1.10 bits per heavy atom. The number of carbonyl (C=O) groups is 1. The fourth-order valence-corrected chi connectivity index (χ4v) is 3.25. The standard InChI is InChI=1S/C23H19ClF3NO3/c1-14-5-4-8-20(21(14)28-22(30)17-13-16(24)9-10-19(17)29)31-12-11-15-6-2-3-7-18(15)23(25,26)27/h2-10,13,29H,11-12H2,1H3,(H,28,30). The zero-order valence-electron chi connectivity index (χ0n) is 16.5. The van der Waals surface area contributed by atoms with Crippen molar-refractivity contribution in [2.45, 2.75) is 19.5 Å². The predicted molar refractivity (Wildman–Crippen MR) is 113 cm³/mol. The molecule has 0 aliphatic rings. The van der Waals surface area contributed by atoms with Crippen molar-refractivity contribution in [3.63, 3.8) is 0 Å². The van der Waals surface area contributed by atoms with Gasteiger partial charge >= 0.3 is 6.18 Å². The molecular formula is C23H19ClF3NO3. The van der Waals surface area contributed by atoms with Crippen LogP contribution >= 0.6 is 11.6 Å². The van der Waals surface area contributed by atoms with Crippen molar-refractivity contribution in [2.75, 3.05) is 11.9 Å². The number of nitrogens with one attached hydrogen (secondary N) is 1. The van der Waals surface area contributed by atoms with Crippen LogP contribution in [0.25, 0.3) is 0 Å². The fraction of sp³-hybridized carbons (Fsp3) is 0.174.